The van der Waals surface area contributed by atoms with E-state index in [-0.39, 0.29) is 17.9 Å². The number of rotatable bonds is 8. The number of imide groups is 1. The maximum Gasteiger partial charge on any atom is 0.282 e. The molecule has 1 aliphatic heterocycles. The van der Waals surface area contributed by atoms with E-state index in [9.17, 15) is 9.59 Å². The number of amides is 2. The molecular weight excluding hydrogens is 428 g/mol. The average molecular weight is 457 g/mol. The summed E-state index contributed by atoms with van der Waals surface area (Å²) in [5.74, 6) is 0.536. The number of hydrogen-bond acceptors (Lipinski definition) is 5. The highest BCUT2D eigenvalue weighted by atomic mass is 16.5. The van der Waals surface area contributed by atoms with Crippen LogP contribution < -0.4 is 19.3 Å². The summed E-state index contributed by atoms with van der Waals surface area (Å²) in [5, 5.41) is 0. The molecule has 6 nitrogen and oxygen atoms in total. The van der Waals surface area contributed by atoms with Crippen molar-refractivity contribution in [1.29, 1.82) is 0 Å². The van der Waals surface area contributed by atoms with Gasteiger partial charge in [0, 0.05) is 18.8 Å². The smallest absolute Gasteiger partial charge is 0.282 e. The Kier molecular flexibility index (Phi) is 6.68. The molecule has 0 saturated heterocycles. The van der Waals surface area contributed by atoms with Gasteiger partial charge in [0.2, 0.25) is 0 Å². The summed E-state index contributed by atoms with van der Waals surface area (Å²) in [6.07, 6.45) is 0.0349. The first-order valence-electron chi connectivity index (χ1n) is 11.3. The summed E-state index contributed by atoms with van der Waals surface area (Å²) >= 11 is 0. The van der Waals surface area contributed by atoms with Crippen LogP contribution in [0, 0.1) is 0 Å². The summed E-state index contributed by atoms with van der Waals surface area (Å²) in [6.45, 7) is 6.28. The predicted octanol–water partition coefficient (Wildman–Crippen LogP) is 5.29. The normalized spacial score (nSPS) is 13.6. The molecule has 3 aromatic rings. The van der Waals surface area contributed by atoms with E-state index < -0.39 is 0 Å². The molecule has 0 spiro atoms. The monoisotopic (exact) mass is 456 g/mol. The minimum atomic E-state index is -0.387. The van der Waals surface area contributed by atoms with Crippen molar-refractivity contribution in [2.75, 3.05) is 23.5 Å². The Labute approximate surface area is 200 Å². The molecule has 0 aliphatic carbocycles. The van der Waals surface area contributed by atoms with Gasteiger partial charge in [-0.3, -0.25) is 9.59 Å². The van der Waals surface area contributed by atoms with E-state index in [0.29, 0.717) is 40.6 Å². The molecule has 0 fully saturated rings. The number of carbonyl (C=O) groups excluding carboxylic acids is 2. The van der Waals surface area contributed by atoms with Crippen molar-refractivity contribution >= 4 is 28.8 Å². The molecule has 6 heteroatoms. The van der Waals surface area contributed by atoms with E-state index in [1.165, 1.54) is 4.90 Å². The van der Waals surface area contributed by atoms with Crippen LogP contribution in [-0.2, 0) is 9.59 Å². The highest BCUT2D eigenvalue weighted by Gasteiger charge is 2.42. The molecule has 3 aromatic carbocycles. The number of hydrogen-bond donors (Lipinski definition) is 0. The zero-order valence-electron chi connectivity index (χ0n) is 19.8. The van der Waals surface area contributed by atoms with E-state index in [4.69, 9.17) is 9.47 Å². The van der Waals surface area contributed by atoms with Crippen LogP contribution in [0.3, 0.4) is 0 Å². The van der Waals surface area contributed by atoms with E-state index in [1.54, 1.807) is 36.2 Å². The zero-order valence-corrected chi connectivity index (χ0v) is 19.8. The molecular formula is C28H28N2O4. The van der Waals surface area contributed by atoms with Gasteiger partial charge in [-0.05, 0) is 62.7 Å². The highest BCUT2D eigenvalue weighted by molar-refractivity contribution is 6.46. The first-order chi connectivity index (χ1) is 16.4. The molecule has 1 aliphatic rings. The number of benzene rings is 3. The van der Waals surface area contributed by atoms with Crippen molar-refractivity contribution in [3.63, 3.8) is 0 Å². The van der Waals surface area contributed by atoms with Crippen molar-refractivity contribution in [1.82, 2.24) is 0 Å². The van der Waals surface area contributed by atoms with Crippen molar-refractivity contribution in [3.8, 4) is 11.5 Å². The Balaban J connectivity index is 1.81. The zero-order chi connectivity index (χ0) is 24.2. The third kappa shape index (κ3) is 4.53. The molecule has 0 atom stereocenters. The summed E-state index contributed by atoms with van der Waals surface area (Å²) in [5.41, 5.74) is 2.58. The van der Waals surface area contributed by atoms with Gasteiger partial charge in [0.05, 0.1) is 24.0 Å². The lowest BCUT2D eigenvalue weighted by atomic mass is 10.0. The molecule has 0 radical (unpaired) electrons. The van der Waals surface area contributed by atoms with Crippen LogP contribution in [-0.4, -0.2) is 31.6 Å². The van der Waals surface area contributed by atoms with Gasteiger partial charge in [0.1, 0.15) is 17.2 Å². The number of nitrogens with zero attached hydrogens (tertiary/aromatic N) is 2. The van der Waals surface area contributed by atoms with Crippen LogP contribution in [0.15, 0.2) is 84.6 Å². The average Bonchev–Trinajstić information content (AvgIpc) is 3.09. The Morgan fingerprint density at radius 2 is 1.56 bits per heavy atom. The Hall–Kier alpha value is -4.06. The van der Waals surface area contributed by atoms with E-state index in [2.05, 4.69) is 0 Å². The molecule has 174 valence electrons. The third-order valence-corrected chi connectivity index (χ3v) is 5.44. The van der Waals surface area contributed by atoms with Crippen LogP contribution in [0.5, 0.6) is 11.5 Å². The number of carbonyl (C=O) groups is 2. The maximum absolute atomic E-state index is 13.7. The lowest BCUT2D eigenvalue weighted by Gasteiger charge is -2.21. The second kappa shape index (κ2) is 9.83. The van der Waals surface area contributed by atoms with Crippen LogP contribution in [0.4, 0.5) is 11.4 Å². The standard InChI is InChI=1S/C28H28N2O4/c1-5-33-24-13-9-12-22(18-24)30-27(31)25(20-14-16-23(17-15-20)34-19(2)3)26(28(30)32)29(4)21-10-7-6-8-11-21/h6-19H,5H2,1-4H3. The minimum absolute atomic E-state index is 0.0349. The lowest BCUT2D eigenvalue weighted by molar-refractivity contribution is -0.120. The fourth-order valence-electron chi connectivity index (χ4n) is 3.96. The largest absolute Gasteiger partial charge is 0.494 e. The molecule has 0 aromatic heterocycles. The first kappa shape index (κ1) is 23.1. The summed E-state index contributed by atoms with van der Waals surface area (Å²) in [6, 6.07) is 23.8. The van der Waals surface area contributed by atoms with Gasteiger partial charge < -0.3 is 14.4 Å². The Bertz CT molecular complexity index is 1220. The first-order valence-corrected chi connectivity index (χ1v) is 11.3. The molecule has 4 rings (SSSR count). The van der Waals surface area contributed by atoms with Gasteiger partial charge in [-0.1, -0.05) is 36.4 Å². The Morgan fingerprint density at radius 3 is 2.21 bits per heavy atom. The number of likely N-dealkylation sites (N-methyl/N-ethyl adjacent to an activating group) is 1. The number of anilines is 2. The molecule has 34 heavy (non-hydrogen) atoms. The van der Waals surface area contributed by atoms with Crippen molar-refractivity contribution in [2.45, 2.75) is 26.9 Å². The fraction of sp³-hybridized carbons (Fsp3) is 0.214. The van der Waals surface area contributed by atoms with Gasteiger partial charge in [-0.2, -0.15) is 0 Å². The molecule has 0 bridgehead atoms. The van der Waals surface area contributed by atoms with E-state index in [0.717, 1.165) is 5.69 Å². The van der Waals surface area contributed by atoms with Crippen molar-refractivity contribution < 1.29 is 19.1 Å². The fourth-order valence-corrected chi connectivity index (χ4v) is 3.96. The number of ether oxygens (including phenoxy) is 2. The van der Waals surface area contributed by atoms with Gasteiger partial charge in [0.25, 0.3) is 11.8 Å². The predicted molar refractivity (Wildman–Crippen MR) is 134 cm³/mol. The van der Waals surface area contributed by atoms with Crippen LogP contribution in [0.25, 0.3) is 5.57 Å². The van der Waals surface area contributed by atoms with E-state index >= 15 is 0 Å². The molecule has 2 amide bonds. The van der Waals surface area contributed by atoms with Gasteiger partial charge in [-0.15, -0.1) is 0 Å². The van der Waals surface area contributed by atoms with Gasteiger partial charge in [0.15, 0.2) is 0 Å². The van der Waals surface area contributed by atoms with Crippen LogP contribution in [0.2, 0.25) is 0 Å². The maximum atomic E-state index is 13.7. The molecule has 0 saturated carbocycles. The summed E-state index contributed by atoms with van der Waals surface area (Å²) in [4.78, 5) is 30.5. The Morgan fingerprint density at radius 1 is 0.853 bits per heavy atom. The lowest BCUT2D eigenvalue weighted by Crippen LogP contribution is -2.34. The molecule has 0 unspecified atom stereocenters. The van der Waals surface area contributed by atoms with Gasteiger partial charge >= 0.3 is 0 Å². The van der Waals surface area contributed by atoms with Crippen LogP contribution >= 0.6 is 0 Å². The van der Waals surface area contributed by atoms with Crippen molar-refractivity contribution in [2.24, 2.45) is 0 Å². The quantitative estimate of drug-likeness (QED) is 0.431. The molecule has 0 N–H and O–H groups in total. The van der Waals surface area contributed by atoms with E-state index in [1.807, 2.05) is 75.4 Å². The molecule has 1 heterocycles. The summed E-state index contributed by atoms with van der Waals surface area (Å²) < 4.78 is 11.3. The second-order valence-corrected chi connectivity index (χ2v) is 8.19. The van der Waals surface area contributed by atoms with Crippen LogP contribution in [0.1, 0.15) is 26.3 Å². The summed E-state index contributed by atoms with van der Waals surface area (Å²) in [7, 11) is 1.80. The third-order valence-electron chi connectivity index (χ3n) is 5.44. The second-order valence-electron chi connectivity index (χ2n) is 8.19. The topological polar surface area (TPSA) is 59.1 Å². The van der Waals surface area contributed by atoms with Gasteiger partial charge in [-0.25, -0.2) is 4.90 Å². The highest BCUT2D eigenvalue weighted by Crippen LogP contribution is 2.37. The number of para-hydroxylation sites is 1. The SMILES string of the molecule is CCOc1cccc(N2C(=O)C(c3ccc(OC(C)C)cc3)=C(N(C)c3ccccc3)C2=O)c1. The van der Waals surface area contributed by atoms with Crippen molar-refractivity contribution in [3.05, 3.63) is 90.1 Å². The minimum Gasteiger partial charge on any atom is -0.494 e.